The first kappa shape index (κ1) is 12.8. The molecule has 1 aromatic carbocycles. The molecule has 2 N–H and O–H groups in total. The van der Waals surface area contributed by atoms with E-state index in [0.717, 1.165) is 15.8 Å². The van der Waals surface area contributed by atoms with Crippen molar-refractivity contribution in [2.75, 3.05) is 5.73 Å². The molecule has 1 aromatic heterocycles. The summed E-state index contributed by atoms with van der Waals surface area (Å²) in [6.45, 7) is 4.23. The summed E-state index contributed by atoms with van der Waals surface area (Å²) in [4.78, 5) is 8.02. The molecular formula is C13H14BrN3O. The number of nitrogens with two attached hydrogens (primary N) is 1. The Morgan fingerprint density at radius 1 is 1.22 bits per heavy atom. The van der Waals surface area contributed by atoms with Crippen molar-refractivity contribution in [2.24, 2.45) is 0 Å². The van der Waals surface area contributed by atoms with Gasteiger partial charge in [0.05, 0.1) is 12.4 Å². The number of hydrogen-bond donors (Lipinski definition) is 1. The average molecular weight is 308 g/mol. The molecule has 0 fully saturated rings. The standard InChI is InChI=1S/C13H14BrN3O/c1-8(2)10-5-9(14)3-4-11(10)18-13-7-16-12(15)6-17-13/h3-8H,1-2H3,(H2,15,16). The quantitative estimate of drug-likeness (QED) is 0.938. The first-order valence-electron chi connectivity index (χ1n) is 5.61. The van der Waals surface area contributed by atoms with E-state index >= 15 is 0 Å². The summed E-state index contributed by atoms with van der Waals surface area (Å²) in [6.07, 6.45) is 2.99. The molecule has 4 nitrogen and oxygen atoms in total. The van der Waals surface area contributed by atoms with Gasteiger partial charge in [-0.1, -0.05) is 29.8 Å². The Labute approximate surface area is 114 Å². The van der Waals surface area contributed by atoms with Gasteiger partial charge in [-0.3, -0.25) is 0 Å². The van der Waals surface area contributed by atoms with Crippen LogP contribution in [0, 0.1) is 0 Å². The zero-order valence-corrected chi connectivity index (χ0v) is 11.8. The molecule has 2 aromatic rings. The zero-order valence-electron chi connectivity index (χ0n) is 10.2. The van der Waals surface area contributed by atoms with Crippen LogP contribution in [-0.2, 0) is 0 Å². The number of anilines is 1. The number of halogens is 1. The maximum absolute atomic E-state index is 5.73. The van der Waals surface area contributed by atoms with Crippen LogP contribution in [0.15, 0.2) is 35.1 Å². The fourth-order valence-corrected chi connectivity index (χ4v) is 1.93. The van der Waals surface area contributed by atoms with Crippen molar-refractivity contribution in [2.45, 2.75) is 19.8 Å². The van der Waals surface area contributed by atoms with Crippen LogP contribution in [0.1, 0.15) is 25.3 Å². The van der Waals surface area contributed by atoms with Crippen LogP contribution in [0.2, 0.25) is 0 Å². The molecule has 0 radical (unpaired) electrons. The lowest BCUT2D eigenvalue weighted by Gasteiger charge is -2.13. The van der Waals surface area contributed by atoms with Crippen LogP contribution < -0.4 is 10.5 Å². The van der Waals surface area contributed by atoms with Gasteiger partial charge in [0.25, 0.3) is 0 Å². The van der Waals surface area contributed by atoms with Crippen LogP contribution >= 0.6 is 15.9 Å². The van der Waals surface area contributed by atoms with Crippen LogP contribution in [0.4, 0.5) is 5.82 Å². The summed E-state index contributed by atoms with van der Waals surface area (Å²) in [5.41, 5.74) is 6.60. The van der Waals surface area contributed by atoms with Gasteiger partial charge >= 0.3 is 0 Å². The van der Waals surface area contributed by atoms with E-state index in [1.165, 1.54) is 12.4 Å². The fraction of sp³-hybridized carbons (Fsp3) is 0.231. The van der Waals surface area contributed by atoms with Crippen LogP contribution in [0.25, 0.3) is 0 Å². The van der Waals surface area contributed by atoms with Gasteiger partial charge in [-0.15, -0.1) is 0 Å². The van der Waals surface area contributed by atoms with Crippen molar-refractivity contribution >= 4 is 21.7 Å². The number of benzene rings is 1. The summed E-state index contributed by atoms with van der Waals surface area (Å²) in [5, 5.41) is 0. The molecule has 94 valence electrons. The van der Waals surface area contributed by atoms with Gasteiger partial charge < -0.3 is 10.5 Å². The molecule has 2 rings (SSSR count). The van der Waals surface area contributed by atoms with Crippen molar-refractivity contribution in [3.05, 3.63) is 40.6 Å². The topological polar surface area (TPSA) is 61.0 Å². The minimum absolute atomic E-state index is 0.360. The predicted octanol–water partition coefficient (Wildman–Crippen LogP) is 3.74. The summed E-state index contributed by atoms with van der Waals surface area (Å²) in [7, 11) is 0. The molecule has 0 aliphatic rings. The van der Waals surface area contributed by atoms with Gasteiger partial charge in [0.2, 0.25) is 5.88 Å². The number of ether oxygens (including phenoxy) is 1. The Kier molecular flexibility index (Phi) is 3.81. The molecule has 0 aliphatic heterocycles. The number of nitrogen functional groups attached to an aromatic ring is 1. The number of rotatable bonds is 3. The third-order valence-corrected chi connectivity index (χ3v) is 2.95. The SMILES string of the molecule is CC(C)c1cc(Br)ccc1Oc1cnc(N)cn1. The highest BCUT2D eigenvalue weighted by atomic mass is 79.9. The highest BCUT2D eigenvalue weighted by Crippen LogP contribution is 2.32. The molecule has 0 saturated carbocycles. The molecule has 0 bridgehead atoms. The van der Waals surface area contributed by atoms with E-state index in [0.29, 0.717) is 17.6 Å². The van der Waals surface area contributed by atoms with Crippen molar-refractivity contribution in [1.29, 1.82) is 0 Å². The lowest BCUT2D eigenvalue weighted by atomic mass is 10.0. The maximum atomic E-state index is 5.73. The second kappa shape index (κ2) is 5.35. The van der Waals surface area contributed by atoms with E-state index in [4.69, 9.17) is 10.5 Å². The monoisotopic (exact) mass is 307 g/mol. The lowest BCUT2D eigenvalue weighted by Crippen LogP contribution is -1.97. The van der Waals surface area contributed by atoms with E-state index in [9.17, 15) is 0 Å². The van der Waals surface area contributed by atoms with Crippen LogP contribution in [0.3, 0.4) is 0 Å². The molecule has 1 heterocycles. The molecule has 0 spiro atoms. The van der Waals surface area contributed by atoms with E-state index in [1.54, 1.807) is 0 Å². The zero-order chi connectivity index (χ0) is 13.1. The first-order chi connectivity index (χ1) is 8.56. The average Bonchev–Trinajstić information content (AvgIpc) is 2.34. The Hall–Kier alpha value is -1.62. The Morgan fingerprint density at radius 2 is 2.00 bits per heavy atom. The minimum atomic E-state index is 0.360. The molecule has 0 aliphatic carbocycles. The molecule has 0 unspecified atom stereocenters. The Balaban J connectivity index is 2.31. The maximum Gasteiger partial charge on any atom is 0.237 e. The van der Waals surface area contributed by atoms with Gasteiger partial charge in [-0.2, -0.15) is 0 Å². The second-order valence-electron chi connectivity index (χ2n) is 4.22. The first-order valence-corrected chi connectivity index (χ1v) is 6.40. The van der Waals surface area contributed by atoms with Crippen molar-refractivity contribution in [3.63, 3.8) is 0 Å². The smallest absolute Gasteiger partial charge is 0.237 e. The van der Waals surface area contributed by atoms with Crippen LogP contribution in [0.5, 0.6) is 11.6 Å². The van der Waals surface area contributed by atoms with Gasteiger partial charge in [-0.25, -0.2) is 9.97 Å². The second-order valence-corrected chi connectivity index (χ2v) is 5.13. The Morgan fingerprint density at radius 3 is 2.61 bits per heavy atom. The molecule has 5 heteroatoms. The lowest BCUT2D eigenvalue weighted by molar-refractivity contribution is 0.452. The molecule has 18 heavy (non-hydrogen) atoms. The molecular weight excluding hydrogens is 294 g/mol. The van der Waals surface area contributed by atoms with Crippen molar-refractivity contribution in [3.8, 4) is 11.6 Å². The predicted molar refractivity (Wildman–Crippen MR) is 74.7 cm³/mol. The fourth-order valence-electron chi connectivity index (χ4n) is 1.55. The van der Waals surface area contributed by atoms with Gasteiger partial charge in [0.1, 0.15) is 11.6 Å². The summed E-state index contributed by atoms with van der Waals surface area (Å²) < 4.78 is 6.76. The van der Waals surface area contributed by atoms with Gasteiger partial charge in [0.15, 0.2) is 0 Å². The summed E-state index contributed by atoms with van der Waals surface area (Å²) in [5.74, 6) is 1.96. The number of nitrogens with zero attached hydrogens (tertiary/aromatic N) is 2. The molecule has 0 amide bonds. The number of hydrogen-bond acceptors (Lipinski definition) is 4. The van der Waals surface area contributed by atoms with Crippen LogP contribution in [-0.4, -0.2) is 9.97 Å². The minimum Gasteiger partial charge on any atom is -0.437 e. The third kappa shape index (κ3) is 2.98. The van der Waals surface area contributed by atoms with Gasteiger partial charge in [0, 0.05) is 4.47 Å². The molecule has 0 atom stereocenters. The third-order valence-electron chi connectivity index (χ3n) is 2.46. The summed E-state index contributed by atoms with van der Waals surface area (Å²) in [6, 6.07) is 5.90. The number of aromatic nitrogens is 2. The summed E-state index contributed by atoms with van der Waals surface area (Å²) >= 11 is 3.46. The Bertz CT molecular complexity index is 540. The van der Waals surface area contributed by atoms with E-state index in [1.807, 2.05) is 18.2 Å². The van der Waals surface area contributed by atoms with Gasteiger partial charge in [-0.05, 0) is 29.7 Å². The van der Waals surface area contributed by atoms with E-state index < -0.39 is 0 Å². The van der Waals surface area contributed by atoms with E-state index in [-0.39, 0.29) is 0 Å². The van der Waals surface area contributed by atoms with Crippen molar-refractivity contribution < 1.29 is 4.74 Å². The largest absolute Gasteiger partial charge is 0.437 e. The van der Waals surface area contributed by atoms with Crippen molar-refractivity contribution in [1.82, 2.24) is 9.97 Å². The van der Waals surface area contributed by atoms with E-state index in [2.05, 4.69) is 39.7 Å². The highest BCUT2D eigenvalue weighted by molar-refractivity contribution is 9.10. The highest BCUT2D eigenvalue weighted by Gasteiger charge is 2.10. The normalized spacial score (nSPS) is 10.7. The molecule has 0 saturated heterocycles.